The lowest BCUT2D eigenvalue weighted by Gasteiger charge is -2.39. The number of amides is 1. The molecule has 2 atom stereocenters. The maximum Gasteiger partial charge on any atom is 0.241 e. The standard InChI is InChI=1S/C24H29N5O/c1-15-7-6-8-21(17(15)3)18(4)26-24-22-11-20(10-9-19(22)12-25-27-24)29-14-23(30)28(5)13-16(29)2/h6-12,16,18H,13-14H2,1-5H3,(H,26,27)/t16?,18-/m1/s1. The number of fused-ring (bicyclic) bond motifs is 1. The minimum atomic E-state index is 0.0950. The summed E-state index contributed by atoms with van der Waals surface area (Å²) >= 11 is 0. The van der Waals surface area contributed by atoms with E-state index in [1.165, 1.54) is 16.7 Å². The van der Waals surface area contributed by atoms with Crippen molar-refractivity contribution in [1.29, 1.82) is 0 Å². The Hall–Kier alpha value is -3.15. The molecule has 6 heteroatoms. The third kappa shape index (κ3) is 3.70. The lowest BCUT2D eigenvalue weighted by atomic mass is 9.98. The highest BCUT2D eigenvalue weighted by Crippen LogP contribution is 2.31. The van der Waals surface area contributed by atoms with Crippen molar-refractivity contribution >= 4 is 28.2 Å². The number of hydrogen-bond acceptors (Lipinski definition) is 5. The van der Waals surface area contributed by atoms with Gasteiger partial charge in [0.05, 0.1) is 18.8 Å². The Kier molecular flexibility index (Phi) is 5.33. The summed E-state index contributed by atoms with van der Waals surface area (Å²) in [4.78, 5) is 16.2. The molecule has 2 heterocycles. The number of anilines is 2. The number of carbonyl (C=O) groups excluding carboxylic acids is 1. The van der Waals surface area contributed by atoms with E-state index in [1.807, 2.05) is 7.05 Å². The molecule has 1 unspecified atom stereocenters. The van der Waals surface area contributed by atoms with E-state index in [9.17, 15) is 4.79 Å². The molecule has 2 aromatic carbocycles. The molecule has 30 heavy (non-hydrogen) atoms. The number of aryl methyl sites for hydroxylation is 1. The minimum Gasteiger partial charge on any atom is -0.362 e. The second-order valence-corrected chi connectivity index (χ2v) is 8.37. The largest absolute Gasteiger partial charge is 0.362 e. The molecule has 1 aliphatic rings. The van der Waals surface area contributed by atoms with Crippen LogP contribution in [0.5, 0.6) is 0 Å². The molecule has 4 rings (SSSR count). The average molecular weight is 404 g/mol. The normalized spacial score (nSPS) is 18.0. The first-order valence-corrected chi connectivity index (χ1v) is 10.4. The van der Waals surface area contributed by atoms with Crippen molar-refractivity contribution in [3.05, 3.63) is 59.3 Å². The highest BCUT2D eigenvalue weighted by Gasteiger charge is 2.27. The number of rotatable bonds is 4. The Labute approximate surface area is 177 Å². The zero-order chi connectivity index (χ0) is 21.4. The molecule has 0 spiro atoms. The van der Waals surface area contributed by atoms with Gasteiger partial charge in [0.15, 0.2) is 5.82 Å². The zero-order valence-electron chi connectivity index (χ0n) is 18.3. The van der Waals surface area contributed by atoms with Crippen molar-refractivity contribution < 1.29 is 4.79 Å². The first-order valence-electron chi connectivity index (χ1n) is 10.4. The molecule has 0 aliphatic carbocycles. The van der Waals surface area contributed by atoms with Crippen molar-refractivity contribution in [2.24, 2.45) is 0 Å². The smallest absolute Gasteiger partial charge is 0.241 e. The highest BCUT2D eigenvalue weighted by atomic mass is 16.2. The maximum absolute atomic E-state index is 12.3. The molecular formula is C24H29N5O. The lowest BCUT2D eigenvalue weighted by molar-refractivity contribution is -0.130. The van der Waals surface area contributed by atoms with Gasteiger partial charge in [-0.2, -0.15) is 5.10 Å². The fourth-order valence-corrected chi connectivity index (χ4v) is 4.24. The molecule has 1 aromatic heterocycles. The molecular weight excluding hydrogens is 374 g/mol. The van der Waals surface area contributed by atoms with Crippen LogP contribution >= 0.6 is 0 Å². The number of piperazine rings is 1. The second kappa shape index (κ2) is 7.94. The lowest BCUT2D eigenvalue weighted by Crippen LogP contribution is -2.53. The molecule has 1 N–H and O–H groups in total. The van der Waals surface area contributed by atoms with Gasteiger partial charge in [-0.25, -0.2) is 0 Å². The molecule has 0 radical (unpaired) electrons. The monoisotopic (exact) mass is 403 g/mol. The number of aromatic nitrogens is 2. The van der Waals surface area contributed by atoms with Crippen LogP contribution in [0, 0.1) is 13.8 Å². The van der Waals surface area contributed by atoms with Crippen molar-refractivity contribution in [1.82, 2.24) is 15.1 Å². The fourth-order valence-electron chi connectivity index (χ4n) is 4.24. The number of hydrogen-bond donors (Lipinski definition) is 1. The van der Waals surface area contributed by atoms with E-state index in [1.54, 1.807) is 11.1 Å². The third-order valence-corrected chi connectivity index (χ3v) is 6.25. The van der Waals surface area contributed by atoms with Gasteiger partial charge in [0.25, 0.3) is 0 Å². The summed E-state index contributed by atoms with van der Waals surface area (Å²) in [6.45, 7) is 9.70. The van der Waals surface area contributed by atoms with Crippen molar-refractivity contribution in [3.63, 3.8) is 0 Å². The van der Waals surface area contributed by atoms with Crippen LogP contribution in [0.4, 0.5) is 11.5 Å². The highest BCUT2D eigenvalue weighted by molar-refractivity contribution is 5.94. The van der Waals surface area contributed by atoms with E-state index < -0.39 is 0 Å². The van der Waals surface area contributed by atoms with Gasteiger partial charge < -0.3 is 15.1 Å². The SMILES string of the molecule is Cc1cccc([C@@H](C)Nc2nncc3ccc(N4CC(=O)N(C)CC4C)cc23)c1C. The first-order chi connectivity index (χ1) is 14.3. The van der Waals surface area contributed by atoms with Crippen LogP contribution in [-0.2, 0) is 4.79 Å². The summed E-state index contributed by atoms with van der Waals surface area (Å²) in [6.07, 6.45) is 1.78. The quantitative estimate of drug-likeness (QED) is 0.711. The van der Waals surface area contributed by atoms with Crippen molar-refractivity contribution in [2.75, 3.05) is 30.4 Å². The summed E-state index contributed by atoms with van der Waals surface area (Å²) in [6, 6.07) is 13.0. The Morgan fingerprint density at radius 3 is 2.80 bits per heavy atom. The number of likely N-dealkylation sites (N-methyl/N-ethyl adjacent to an activating group) is 1. The van der Waals surface area contributed by atoms with Gasteiger partial charge in [0.1, 0.15) is 0 Å². The van der Waals surface area contributed by atoms with E-state index in [-0.39, 0.29) is 18.0 Å². The first kappa shape index (κ1) is 20.1. The van der Waals surface area contributed by atoms with Crippen molar-refractivity contribution in [2.45, 2.75) is 39.8 Å². The summed E-state index contributed by atoms with van der Waals surface area (Å²) in [5.74, 6) is 0.902. The predicted octanol–water partition coefficient (Wildman–Crippen LogP) is 4.09. The van der Waals surface area contributed by atoms with Gasteiger partial charge in [-0.05, 0) is 56.5 Å². The van der Waals surface area contributed by atoms with Crippen LogP contribution in [0.15, 0.2) is 42.6 Å². The van der Waals surface area contributed by atoms with Crippen molar-refractivity contribution in [3.8, 4) is 0 Å². The van der Waals surface area contributed by atoms with E-state index >= 15 is 0 Å². The Morgan fingerprint density at radius 2 is 2.00 bits per heavy atom. The van der Waals surface area contributed by atoms with Gasteiger partial charge in [0, 0.05) is 36.1 Å². The number of nitrogens with zero attached hydrogens (tertiary/aromatic N) is 4. The number of nitrogens with one attached hydrogen (secondary N) is 1. The molecule has 1 fully saturated rings. The third-order valence-electron chi connectivity index (χ3n) is 6.25. The maximum atomic E-state index is 12.3. The van der Waals surface area contributed by atoms with Gasteiger partial charge in [-0.3, -0.25) is 4.79 Å². The molecule has 6 nitrogen and oxygen atoms in total. The zero-order valence-corrected chi connectivity index (χ0v) is 18.3. The van der Waals surface area contributed by atoms with Gasteiger partial charge in [-0.15, -0.1) is 5.10 Å². The molecule has 1 aliphatic heterocycles. The van der Waals surface area contributed by atoms with Crippen LogP contribution in [0.3, 0.4) is 0 Å². The number of carbonyl (C=O) groups is 1. The van der Waals surface area contributed by atoms with Gasteiger partial charge in [0.2, 0.25) is 5.91 Å². The molecule has 0 saturated carbocycles. The summed E-state index contributed by atoms with van der Waals surface area (Å²) in [5, 5.41) is 14.2. The average Bonchev–Trinajstić information content (AvgIpc) is 2.72. The van der Waals surface area contributed by atoms with Crippen LogP contribution < -0.4 is 10.2 Å². The van der Waals surface area contributed by atoms with E-state index in [0.29, 0.717) is 6.54 Å². The number of benzene rings is 2. The fraction of sp³-hybridized carbons (Fsp3) is 0.375. The van der Waals surface area contributed by atoms with E-state index in [0.717, 1.165) is 28.8 Å². The Balaban J connectivity index is 1.68. The Morgan fingerprint density at radius 1 is 1.20 bits per heavy atom. The summed E-state index contributed by atoms with van der Waals surface area (Å²) in [5.41, 5.74) is 4.85. The van der Waals surface area contributed by atoms with Crippen LogP contribution in [0.2, 0.25) is 0 Å². The predicted molar refractivity (Wildman–Crippen MR) is 122 cm³/mol. The van der Waals surface area contributed by atoms with Gasteiger partial charge in [-0.1, -0.05) is 24.3 Å². The van der Waals surface area contributed by atoms with E-state index in [2.05, 4.69) is 84.5 Å². The second-order valence-electron chi connectivity index (χ2n) is 8.37. The Bertz CT molecular complexity index is 1100. The molecule has 3 aromatic rings. The minimum absolute atomic E-state index is 0.0950. The molecule has 1 amide bonds. The topological polar surface area (TPSA) is 61.4 Å². The van der Waals surface area contributed by atoms with Crippen LogP contribution in [0.25, 0.3) is 10.8 Å². The molecule has 1 saturated heterocycles. The van der Waals surface area contributed by atoms with Crippen LogP contribution in [-0.4, -0.2) is 47.2 Å². The molecule has 156 valence electrons. The van der Waals surface area contributed by atoms with E-state index in [4.69, 9.17) is 0 Å². The summed E-state index contributed by atoms with van der Waals surface area (Å²) < 4.78 is 0. The van der Waals surface area contributed by atoms with Gasteiger partial charge >= 0.3 is 0 Å². The van der Waals surface area contributed by atoms with Crippen LogP contribution in [0.1, 0.15) is 36.6 Å². The molecule has 0 bridgehead atoms. The summed E-state index contributed by atoms with van der Waals surface area (Å²) in [7, 11) is 1.86.